The molecule has 0 aliphatic heterocycles. The molecule has 9 rings (SSSR count). The molecule has 0 fully saturated rings. The van der Waals surface area contributed by atoms with Crippen molar-refractivity contribution >= 4 is 54.1 Å². The van der Waals surface area contributed by atoms with Gasteiger partial charge in [0.2, 0.25) is 0 Å². The van der Waals surface area contributed by atoms with Gasteiger partial charge in [-0.2, -0.15) is 5.26 Å². The zero-order chi connectivity index (χ0) is 29.9. The van der Waals surface area contributed by atoms with Gasteiger partial charge in [-0.1, -0.05) is 115 Å². The second-order valence-electron chi connectivity index (χ2n) is 11.6. The van der Waals surface area contributed by atoms with Gasteiger partial charge in [0, 0.05) is 16.5 Å². The monoisotopic (exact) mass is 570 g/mol. The number of hydrogen-bond donors (Lipinski definition) is 0. The van der Waals surface area contributed by atoms with Gasteiger partial charge in [-0.15, -0.1) is 0 Å². The molecule has 0 saturated carbocycles. The number of nitriles is 1. The van der Waals surface area contributed by atoms with Crippen LogP contribution < -0.4 is 0 Å². The lowest BCUT2D eigenvalue weighted by atomic mass is 9.84. The number of hydrogen-bond acceptors (Lipinski definition) is 1. The fourth-order valence-corrected chi connectivity index (χ4v) is 7.28. The van der Waals surface area contributed by atoms with Crippen molar-refractivity contribution in [1.82, 2.24) is 4.57 Å². The molecule has 2 heteroatoms. The molecular weight excluding hydrogens is 544 g/mol. The van der Waals surface area contributed by atoms with Crippen LogP contribution in [-0.4, -0.2) is 4.57 Å². The zero-order valence-corrected chi connectivity index (χ0v) is 24.4. The Balaban J connectivity index is 1.39. The molecular formula is C43H26N2. The van der Waals surface area contributed by atoms with Gasteiger partial charge in [0.25, 0.3) is 0 Å². The van der Waals surface area contributed by atoms with E-state index < -0.39 is 0 Å². The maximum atomic E-state index is 9.79. The van der Waals surface area contributed by atoms with Gasteiger partial charge in [0.15, 0.2) is 0 Å². The molecule has 0 atom stereocenters. The maximum absolute atomic E-state index is 9.79. The highest BCUT2D eigenvalue weighted by Crippen LogP contribution is 2.46. The van der Waals surface area contributed by atoms with Crippen molar-refractivity contribution in [1.29, 1.82) is 5.26 Å². The number of rotatable bonds is 3. The molecule has 8 aromatic carbocycles. The Hall–Kier alpha value is -6.17. The van der Waals surface area contributed by atoms with Gasteiger partial charge in [-0.05, 0) is 97.0 Å². The van der Waals surface area contributed by atoms with E-state index in [2.05, 4.69) is 150 Å². The minimum atomic E-state index is 0.662. The smallest absolute Gasteiger partial charge is 0.0991 e. The number of aromatic nitrogens is 1. The molecule has 0 N–H and O–H groups in total. The quantitative estimate of drug-likeness (QED) is 0.194. The topological polar surface area (TPSA) is 28.7 Å². The number of fused-ring (bicyclic) bond motifs is 6. The molecule has 0 unspecified atom stereocenters. The summed E-state index contributed by atoms with van der Waals surface area (Å²) in [5.74, 6) is 0. The zero-order valence-electron chi connectivity index (χ0n) is 24.4. The summed E-state index contributed by atoms with van der Waals surface area (Å²) >= 11 is 0. The molecule has 0 amide bonds. The molecule has 1 heterocycles. The lowest BCUT2D eigenvalue weighted by molar-refractivity contribution is 1.18. The minimum Gasteiger partial charge on any atom is -0.309 e. The molecule has 0 spiro atoms. The molecule has 208 valence electrons. The summed E-state index contributed by atoms with van der Waals surface area (Å²) < 4.78 is 2.30. The first kappa shape index (κ1) is 25.3. The first-order valence-corrected chi connectivity index (χ1v) is 15.3. The van der Waals surface area contributed by atoms with Crippen LogP contribution in [0.5, 0.6) is 0 Å². The largest absolute Gasteiger partial charge is 0.309 e. The predicted molar refractivity (Wildman–Crippen MR) is 189 cm³/mol. The predicted octanol–water partition coefficient (Wildman–Crippen LogP) is 11.4. The third kappa shape index (κ3) is 3.81. The molecule has 2 nitrogen and oxygen atoms in total. The Morgan fingerprint density at radius 1 is 0.422 bits per heavy atom. The van der Waals surface area contributed by atoms with Crippen LogP contribution in [0, 0.1) is 11.3 Å². The van der Waals surface area contributed by atoms with Crippen LogP contribution in [-0.2, 0) is 0 Å². The Labute approximate surface area is 260 Å². The summed E-state index contributed by atoms with van der Waals surface area (Å²) in [6, 6.07) is 58.6. The van der Waals surface area contributed by atoms with Crippen LogP contribution in [0.25, 0.3) is 82.1 Å². The van der Waals surface area contributed by atoms with E-state index in [-0.39, 0.29) is 0 Å². The molecule has 1 aromatic heterocycles. The summed E-state index contributed by atoms with van der Waals surface area (Å²) in [5.41, 5.74) is 8.88. The average Bonchev–Trinajstić information content (AvgIpc) is 3.43. The van der Waals surface area contributed by atoms with Crippen molar-refractivity contribution in [2.75, 3.05) is 0 Å². The Kier molecular flexibility index (Phi) is 5.60. The summed E-state index contributed by atoms with van der Waals surface area (Å²) in [6.07, 6.45) is 0. The van der Waals surface area contributed by atoms with E-state index >= 15 is 0 Å². The van der Waals surface area contributed by atoms with Gasteiger partial charge in [-0.3, -0.25) is 0 Å². The molecule has 0 aliphatic rings. The highest BCUT2D eigenvalue weighted by molar-refractivity contribution is 6.24. The lowest BCUT2D eigenvalue weighted by Crippen LogP contribution is -1.93. The normalized spacial score (nSPS) is 11.5. The average molecular weight is 571 g/mol. The molecule has 0 aliphatic carbocycles. The summed E-state index contributed by atoms with van der Waals surface area (Å²) in [6.45, 7) is 0. The van der Waals surface area contributed by atoms with Crippen LogP contribution in [0.1, 0.15) is 5.56 Å². The van der Waals surface area contributed by atoms with Gasteiger partial charge in [0.1, 0.15) is 0 Å². The van der Waals surface area contributed by atoms with Crippen molar-refractivity contribution in [2.24, 2.45) is 0 Å². The highest BCUT2D eigenvalue weighted by Gasteiger charge is 2.19. The second kappa shape index (κ2) is 9.95. The van der Waals surface area contributed by atoms with E-state index in [1.807, 2.05) is 18.2 Å². The summed E-state index contributed by atoms with van der Waals surface area (Å²) in [5, 5.41) is 19.4. The fraction of sp³-hybridized carbons (Fsp3) is 0. The first-order valence-electron chi connectivity index (χ1n) is 15.3. The van der Waals surface area contributed by atoms with E-state index in [4.69, 9.17) is 0 Å². The van der Waals surface area contributed by atoms with Gasteiger partial charge >= 0.3 is 0 Å². The first-order chi connectivity index (χ1) is 22.3. The van der Waals surface area contributed by atoms with E-state index in [9.17, 15) is 5.26 Å². The van der Waals surface area contributed by atoms with Gasteiger partial charge in [-0.25, -0.2) is 0 Å². The van der Waals surface area contributed by atoms with Gasteiger partial charge < -0.3 is 4.57 Å². The van der Waals surface area contributed by atoms with Crippen molar-refractivity contribution in [3.63, 3.8) is 0 Å². The van der Waals surface area contributed by atoms with Crippen molar-refractivity contribution in [2.45, 2.75) is 0 Å². The van der Waals surface area contributed by atoms with Crippen molar-refractivity contribution in [3.8, 4) is 34.0 Å². The number of nitrogens with zero attached hydrogens (tertiary/aromatic N) is 2. The van der Waals surface area contributed by atoms with E-state index in [1.165, 1.54) is 49.0 Å². The molecule has 45 heavy (non-hydrogen) atoms. The Morgan fingerprint density at radius 2 is 0.978 bits per heavy atom. The molecule has 0 radical (unpaired) electrons. The molecule has 0 bridgehead atoms. The van der Waals surface area contributed by atoms with Crippen LogP contribution in [0.15, 0.2) is 158 Å². The van der Waals surface area contributed by atoms with Crippen LogP contribution >= 0.6 is 0 Å². The van der Waals surface area contributed by atoms with Crippen LogP contribution in [0.2, 0.25) is 0 Å². The molecule has 0 saturated heterocycles. The third-order valence-electron chi connectivity index (χ3n) is 9.19. The number of para-hydroxylation sites is 1. The second-order valence-corrected chi connectivity index (χ2v) is 11.6. The Bertz CT molecular complexity index is 2590. The lowest BCUT2D eigenvalue weighted by Gasteiger charge is -2.19. The van der Waals surface area contributed by atoms with Crippen molar-refractivity contribution in [3.05, 3.63) is 163 Å². The molecule has 9 aromatic rings. The number of benzene rings is 8. The fourth-order valence-electron chi connectivity index (χ4n) is 7.28. The maximum Gasteiger partial charge on any atom is 0.0991 e. The minimum absolute atomic E-state index is 0.662. The van der Waals surface area contributed by atoms with E-state index in [0.717, 1.165) is 33.1 Å². The Morgan fingerprint density at radius 3 is 1.67 bits per heavy atom. The SMILES string of the molecule is N#Cc1ccc2c(c1)c1cc(-c3c4ccccc4c(-c4cccc5ccccc45)c4ccccc34)ccc1n2-c1ccccc1. The van der Waals surface area contributed by atoms with E-state index in [1.54, 1.807) is 0 Å². The summed E-state index contributed by atoms with van der Waals surface area (Å²) in [7, 11) is 0. The van der Waals surface area contributed by atoms with E-state index in [0.29, 0.717) is 5.56 Å². The van der Waals surface area contributed by atoms with Gasteiger partial charge in [0.05, 0.1) is 22.7 Å². The van der Waals surface area contributed by atoms with Crippen molar-refractivity contribution < 1.29 is 0 Å². The van der Waals surface area contributed by atoms with Crippen LogP contribution in [0.3, 0.4) is 0 Å². The van der Waals surface area contributed by atoms with Crippen LogP contribution in [0.4, 0.5) is 0 Å². The highest BCUT2D eigenvalue weighted by atomic mass is 15.0. The summed E-state index contributed by atoms with van der Waals surface area (Å²) in [4.78, 5) is 0. The standard InChI is InChI=1S/C43H26N2/c44-27-28-21-23-40-38(25-28)39-26-30(22-24-41(39)45(40)31-13-2-1-3-14-31)42-34-16-6-8-18-36(34)43(37-19-9-7-17-35(37)42)33-20-10-12-29-11-4-5-15-32(29)33/h1-26H. The third-order valence-corrected chi connectivity index (χ3v) is 9.19.